The van der Waals surface area contributed by atoms with Crippen LogP contribution in [-0.2, 0) is 0 Å². The number of anilines is 1. The molecule has 2 N–H and O–H groups in total. The summed E-state index contributed by atoms with van der Waals surface area (Å²) in [5.74, 6) is -1.16. The summed E-state index contributed by atoms with van der Waals surface area (Å²) in [6, 6.07) is 0.915. The summed E-state index contributed by atoms with van der Waals surface area (Å²) in [5.41, 5.74) is 5.18. The highest BCUT2D eigenvalue weighted by Crippen LogP contribution is 2.34. The molecule has 1 rings (SSSR count). The fourth-order valence-corrected chi connectivity index (χ4v) is 1.04. The van der Waals surface area contributed by atoms with E-state index in [4.69, 9.17) is 17.3 Å². The number of methoxy groups -OCH3 is 1. The maximum atomic E-state index is 11.9. The lowest BCUT2D eigenvalue weighted by Crippen LogP contribution is -2.18. The molecule has 0 unspecified atom stereocenters. The zero-order valence-electron chi connectivity index (χ0n) is 7.43. The minimum atomic E-state index is -4.84. The maximum absolute atomic E-state index is 11.9. The summed E-state index contributed by atoms with van der Waals surface area (Å²) in [5, 5.41) is -0.135. The lowest BCUT2D eigenvalue weighted by atomic mass is 10.4. The summed E-state index contributed by atoms with van der Waals surface area (Å²) in [6.45, 7) is 0. The van der Waals surface area contributed by atoms with Gasteiger partial charge in [-0.15, -0.1) is 13.2 Å². The van der Waals surface area contributed by atoms with Crippen LogP contribution in [0.5, 0.6) is 11.5 Å². The van der Waals surface area contributed by atoms with Gasteiger partial charge in [-0.3, -0.25) is 0 Å². The molecule has 84 valence electrons. The highest BCUT2D eigenvalue weighted by Gasteiger charge is 2.32. The third kappa shape index (κ3) is 3.05. The second-order valence-corrected chi connectivity index (χ2v) is 2.77. The Balaban J connectivity index is 3.08. The number of pyridine rings is 1. The first-order chi connectivity index (χ1) is 6.83. The van der Waals surface area contributed by atoms with Crippen molar-refractivity contribution in [1.82, 2.24) is 4.98 Å². The van der Waals surface area contributed by atoms with Gasteiger partial charge < -0.3 is 15.2 Å². The lowest BCUT2D eigenvalue weighted by Gasteiger charge is -2.12. The summed E-state index contributed by atoms with van der Waals surface area (Å²) in [4.78, 5) is 3.42. The molecule has 0 spiro atoms. The third-order valence-electron chi connectivity index (χ3n) is 1.38. The molecule has 1 aromatic rings. The first-order valence-corrected chi connectivity index (χ1v) is 3.97. The molecule has 0 aliphatic rings. The molecule has 0 aromatic carbocycles. The van der Waals surface area contributed by atoms with Gasteiger partial charge in [0.25, 0.3) is 0 Å². The van der Waals surface area contributed by atoms with Crippen LogP contribution in [0.4, 0.5) is 19.0 Å². The normalized spacial score (nSPS) is 11.3. The monoisotopic (exact) mass is 242 g/mol. The third-order valence-corrected chi connectivity index (χ3v) is 1.65. The van der Waals surface area contributed by atoms with Crippen LogP contribution in [0.2, 0.25) is 5.15 Å². The number of nitrogens with zero attached hydrogens (tertiary/aromatic N) is 1. The molecule has 0 aliphatic carbocycles. The number of alkyl halides is 3. The van der Waals surface area contributed by atoms with Crippen LogP contribution in [-0.4, -0.2) is 18.5 Å². The number of nitrogen functional groups attached to an aromatic ring is 1. The van der Waals surface area contributed by atoms with Crippen LogP contribution in [0.15, 0.2) is 6.07 Å². The van der Waals surface area contributed by atoms with E-state index in [0.29, 0.717) is 0 Å². The van der Waals surface area contributed by atoms with Crippen LogP contribution in [0.1, 0.15) is 0 Å². The number of nitrogens with two attached hydrogens (primary N) is 1. The van der Waals surface area contributed by atoms with Crippen molar-refractivity contribution in [2.45, 2.75) is 6.36 Å². The molecule has 8 heteroatoms. The van der Waals surface area contributed by atoms with Gasteiger partial charge in [-0.1, -0.05) is 11.6 Å². The number of ether oxygens (including phenoxy) is 2. The molecule has 0 bridgehead atoms. The second-order valence-electron chi connectivity index (χ2n) is 2.41. The molecule has 0 amide bonds. The van der Waals surface area contributed by atoms with Crippen LogP contribution >= 0.6 is 11.6 Å². The number of halogens is 4. The molecule has 0 atom stereocenters. The maximum Gasteiger partial charge on any atom is 0.573 e. The van der Waals surface area contributed by atoms with Gasteiger partial charge in [0.2, 0.25) is 0 Å². The van der Waals surface area contributed by atoms with E-state index in [1.807, 2.05) is 0 Å². The van der Waals surface area contributed by atoms with Crippen molar-refractivity contribution in [2.75, 3.05) is 12.8 Å². The molecule has 0 saturated heterocycles. The summed E-state index contributed by atoms with van der Waals surface area (Å²) < 4.78 is 43.9. The Labute approximate surface area is 87.7 Å². The number of hydrogen-bond acceptors (Lipinski definition) is 4. The predicted molar refractivity (Wildman–Crippen MR) is 46.9 cm³/mol. The molecule has 1 aromatic heterocycles. The topological polar surface area (TPSA) is 57.4 Å². The van der Waals surface area contributed by atoms with E-state index >= 15 is 0 Å². The quantitative estimate of drug-likeness (QED) is 0.808. The smallest absolute Gasteiger partial charge is 0.493 e. The minimum absolute atomic E-state index is 0.0508. The van der Waals surface area contributed by atoms with E-state index in [1.54, 1.807) is 0 Å². The van der Waals surface area contributed by atoms with Crippen molar-refractivity contribution in [2.24, 2.45) is 0 Å². The number of hydrogen-bond donors (Lipinski definition) is 1. The highest BCUT2D eigenvalue weighted by molar-refractivity contribution is 6.31. The molecule has 1 heterocycles. The molecular weight excluding hydrogens is 237 g/mol. The molecular formula is C7H6ClF3N2O2. The molecule has 0 saturated carbocycles. The average Bonchev–Trinajstić information content (AvgIpc) is 2.07. The Hall–Kier alpha value is -1.37. The first kappa shape index (κ1) is 11.7. The van der Waals surface area contributed by atoms with Crippen molar-refractivity contribution in [3.63, 3.8) is 0 Å². The zero-order chi connectivity index (χ0) is 11.6. The standard InChI is InChI=1S/C7H6ClF3N2O2/c1-14-3-2-4(15-7(9,10)11)6(12)13-5(3)8/h2H,1H3,(H2,12,13). The molecule has 4 nitrogen and oxygen atoms in total. The fraction of sp³-hybridized carbons (Fsp3) is 0.286. The van der Waals surface area contributed by atoms with E-state index in [9.17, 15) is 13.2 Å². The van der Waals surface area contributed by atoms with E-state index in [-0.39, 0.29) is 10.9 Å². The summed E-state index contributed by atoms with van der Waals surface area (Å²) >= 11 is 5.52. The van der Waals surface area contributed by atoms with Crippen LogP contribution in [0, 0.1) is 0 Å². The molecule has 0 aliphatic heterocycles. The Kier molecular flexibility index (Phi) is 3.13. The Morgan fingerprint density at radius 1 is 1.40 bits per heavy atom. The van der Waals surface area contributed by atoms with Crippen molar-refractivity contribution >= 4 is 17.4 Å². The Morgan fingerprint density at radius 2 is 2.00 bits per heavy atom. The van der Waals surface area contributed by atoms with Crippen LogP contribution < -0.4 is 15.2 Å². The summed E-state index contributed by atoms with van der Waals surface area (Å²) in [6.07, 6.45) is -4.84. The van der Waals surface area contributed by atoms with Gasteiger partial charge in [-0.2, -0.15) is 0 Å². The predicted octanol–water partition coefficient (Wildman–Crippen LogP) is 2.22. The fourth-order valence-electron chi connectivity index (χ4n) is 0.818. The molecule has 0 fully saturated rings. The van der Waals surface area contributed by atoms with Crippen molar-refractivity contribution in [3.8, 4) is 11.5 Å². The lowest BCUT2D eigenvalue weighted by molar-refractivity contribution is -0.274. The van der Waals surface area contributed by atoms with Crippen molar-refractivity contribution in [1.29, 1.82) is 0 Å². The van der Waals surface area contributed by atoms with Gasteiger partial charge in [0.1, 0.15) is 0 Å². The minimum Gasteiger partial charge on any atom is -0.493 e. The van der Waals surface area contributed by atoms with Crippen molar-refractivity contribution < 1.29 is 22.6 Å². The second kappa shape index (κ2) is 4.01. The Morgan fingerprint density at radius 3 is 2.47 bits per heavy atom. The largest absolute Gasteiger partial charge is 0.573 e. The van der Waals surface area contributed by atoms with E-state index in [2.05, 4.69) is 14.5 Å². The van der Waals surface area contributed by atoms with Gasteiger partial charge in [-0.05, 0) is 0 Å². The first-order valence-electron chi connectivity index (χ1n) is 3.59. The SMILES string of the molecule is COc1cc(OC(F)(F)F)c(N)nc1Cl. The number of aromatic nitrogens is 1. The van der Waals surface area contributed by atoms with E-state index < -0.39 is 17.9 Å². The van der Waals surface area contributed by atoms with Gasteiger partial charge in [0.05, 0.1) is 7.11 Å². The number of rotatable bonds is 2. The molecule has 0 radical (unpaired) electrons. The zero-order valence-corrected chi connectivity index (χ0v) is 8.19. The van der Waals surface area contributed by atoms with Gasteiger partial charge >= 0.3 is 6.36 Å². The van der Waals surface area contributed by atoms with Crippen LogP contribution in [0.3, 0.4) is 0 Å². The van der Waals surface area contributed by atoms with E-state index in [1.165, 1.54) is 7.11 Å². The van der Waals surface area contributed by atoms with Gasteiger partial charge in [-0.25, -0.2) is 4.98 Å². The van der Waals surface area contributed by atoms with E-state index in [0.717, 1.165) is 6.07 Å². The molecule has 15 heavy (non-hydrogen) atoms. The van der Waals surface area contributed by atoms with Crippen LogP contribution in [0.25, 0.3) is 0 Å². The van der Waals surface area contributed by atoms with Gasteiger partial charge in [0, 0.05) is 6.07 Å². The highest BCUT2D eigenvalue weighted by atomic mass is 35.5. The van der Waals surface area contributed by atoms with Gasteiger partial charge in [0.15, 0.2) is 22.5 Å². The summed E-state index contributed by atoms with van der Waals surface area (Å²) in [7, 11) is 1.23. The van der Waals surface area contributed by atoms with Crippen molar-refractivity contribution in [3.05, 3.63) is 11.2 Å². The Bertz CT molecular complexity index is 370. The average molecular weight is 243 g/mol.